The summed E-state index contributed by atoms with van der Waals surface area (Å²) in [6.45, 7) is 6.69. The molecule has 1 aromatic rings. The van der Waals surface area contributed by atoms with Crippen molar-refractivity contribution in [1.29, 1.82) is 0 Å². The van der Waals surface area contributed by atoms with Crippen molar-refractivity contribution in [3.8, 4) is 0 Å². The van der Waals surface area contributed by atoms with E-state index in [4.69, 9.17) is 0 Å². The van der Waals surface area contributed by atoms with E-state index in [2.05, 4.69) is 66.5 Å². The van der Waals surface area contributed by atoms with Gasteiger partial charge < -0.3 is 15.1 Å². The van der Waals surface area contributed by atoms with Crippen molar-refractivity contribution < 1.29 is 0 Å². The molecule has 1 heterocycles. The fourth-order valence-electron chi connectivity index (χ4n) is 3.18. The standard InChI is InChI=1S/C17H29N3/c1-4-18-17(15-9-6-5-7-10-15)14-19(2)13-16-11-8-12-20(16)3/h5-7,9-10,16-18H,4,8,11-14H2,1-3H3. The Balaban J connectivity index is 1.90. The van der Waals surface area contributed by atoms with E-state index in [1.165, 1.54) is 31.5 Å². The summed E-state index contributed by atoms with van der Waals surface area (Å²) in [7, 11) is 4.50. The molecule has 1 aliphatic heterocycles. The zero-order valence-electron chi connectivity index (χ0n) is 13.2. The number of nitrogens with one attached hydrogen (secondary N) is 1. The van der Waals surface area contributed by atoms with Crippen LogP contribution in [0, 0.1) is 0 Å². The molecule has 0 amide bonds. The summed E-state index contributed by atoms with van der Waals surface area (Å²) >= 11 is 0. The van der Waals surface area contributed by atoms with E-state index >= 15 is 0 Å². The van der Waals surface area contributed by atoms with E-state index in [-0.39, 0.29) is 0 Å². The fourth-order valence-corrected chi connectivity index (χ4v) is 3.18. The highest BCUT2D eigenvalue weighted by Gasteiger charge is 2.23. The van der Waals surface area contributed by atoms with Gasteiger partial charge in [0.1, 0.15) is 0 Å². The van der Waals surface area contributed by atoms with Gasteiger partial charge in [0.25, 0.3) is 0 Å². The summed E-state index contributed by atoms with van der Waals surface area (Å²) < 4.78 is 0. The fraction of sp³-hybridized carbons (Fsp3) is 0.647. The van der Waals surface area contributed by atoms with Crippen LogP contribution in [0.4, 0.5) is 0 Å². The van der Waals surface area contributed by atoms with Crippen LogP contribution in [0.5, 0.6) is 0 Å². The van der Waals surface area contributed by atoms with Gasteiger partial charge in [-0.15, -0.1) is 0 Å². The summed E-state index contributed by atoms with van der Waals surface area (Å²) in [5.74, 6) is 0. The Morgan fingerprint density at radius 1 is 1.35 bits per heavy atom. The van der Waals surface area contributed by atoms with Gasteiger partial charge in [-0.1, -0.05) is 37.3 Å². The summed E-state index contributed by atoms with van der Waals surface area (Å²) in [5, 5.41) is 3.61. The number of rotatable bonds is 7. The average Bonchev–Trinajstić information content (AvgIpc) is 2.85. The third-order valence-corrected chi connectivity index (χ3v) is 4.34. The SMILES string of the molecule is CCNC(CN(C)CC1CCCN1C)c1ccccc1. The van der Waals surface area contributed by atoms with Gasteiger partial charge in [-0.3, -0.25) is 0 Å². The Kier molecular flexibility index (Phi) is 6.02. The van der Waals surface area contributed by atoms with Crippen molar-refractivity contribution >= 4 is 0 Å². The average molecular weight is 275 g/mol. The Bertz CT molecular complexity index is 379. The molecule has 2 unspecified atom stereocenters. The van der Waals surface area contributed by atoms with E-state index in [9.17, 15) is 0 Å². The van der Waals surface area contributed by atoms with Crippen LogP contribution in [0.2, 0.25) is 0 Å². The van der Waals surface area contributed by atoms with Gasteiger partial charge in [0, 0.05) is 25.2 Å². The van der Waals surface area contributed by atoms with Gasteiger partial charge in [-0.05, 0) is 45.6 Å². The van der Waals surface area contributed by atoms with Crippen molar-refractivity contribution in [2.45, 2.75) is 31.8 Å². The molecule has 0 radical (unpaired) electrons. The van der Waals surface area contributed by atoms with Crippen molar-refractivity contribution in [3.63, 3.8) is 0 Å². The topological polar surface area (TPSA) is 18.5 Å². The molecule has 0 spiro atoms. The predicted molar refractivity (Wildman–Crippen MR) is 86.0 cm³/mol. The molecular formula is C17H29N3. The maximum absolute atomic E-state index is 3.61. The quantitative estimate of drug-likeness (QED) is 0.824. The second-order valence-corrected chi connectivity index (χ2v) is 6.02. The monoisotopic (exact) mass is 275 g/mol. The minimum absolute atomic E-state index is 0.429. The first-order valence-electron chi connectivity index (χ1n) is 7.87. The Morgan fingerprint density at radius 3 is 2.70 bits per heavy atom. The van der Waals surface area contributed by atoms with E-state index < -0.39 is 0 Å². The highest BCUT2D eigenvalue weighted by atomic mass is 15.2. The lowest BCUT2D eigenvalue weighted by atomic mass is 10.1. The molecule has 0 aromatic heterocycles. The summed E-state index contributed by atoms with van der Waals surface area (Å²) in [6.07, 6.45) is 2.70. The Hall–Kier alpha value is -0.900. The van der Waals surface area contributed by atoms with Crippen LogP contribution in [0.3, 0.4) is 0 Å². The molecule has 0 saturated carbocycles. The van der Waals surface area contributed by atoms with Crippen LogP contribution in [-0.4, -0.2) is 56.1 Å². The molecule has 1 aliphatic rings. The molecule has 2 rings (SSSR count). The van der Waals surface area contributed by atoms with E-state index in [0.717, 1.165) is 19.1 Å². The minimum atomic E-state index is 0.429. The molecule has 3 nitrogen and oxygen atoms in total. The highest BCUT2D eigenvalue weighted by Crippen LogP contribution is 2.18. The number of likely N-dealkylation sites (tertiary alicyclic amines) is 1. The van der Waals surface area contributed by atoms with E-state index in [1.54, 1.807) is 0 Å². The summed E-state index contributed by atoms with van der Waals surface area (Å²) in [4.78, 5) is 4.98. The van der Waals surface area contributed by atoms with Crippen LogP contribution in [0.15, 0.2) is 30.3 Å². The van der Waals surface area contributed by atoms with Crippen LogP contribution < -0.4 is 5.32 Å². The lowest BCUT2D eigenvalue weighted by Crippen LogP contribution is -2.40. The highest BCUT2D eigenvalue weighted by molar-refractivity contribution is 5.19. The molecule has 0 aliphatic carbocycles. The second kappa shape index (κ2) is 7.77. The zero-order valence-corrected chi connectivity index (χ0v) is 13.2. The summed E-state index contributed by atoms with van der Waals surface area (Å²) in [5.41, 5.74) is 1.39. The number of hydrogen-bond acceptors (Lipinski definition) is 3. The molecule has 112 valence electrons. The number of benzene rings is 1. The lowest BCUT2D eigenvalue weighted by molar-refractivity contribution is 0.206. The second-order valence-electron chi connectivity index (χ2n) is 6.02. The van der Waals surface area contributed by atoms with Crippen LogP contribution in [-0.2, 0) is 0 Å². The number of hydrogen-bond donors (Lipinski definition) is 1. The Morgan fingerprint density at radius 2 is 2.10 bits per heavy atom. The van der Waals surface area contributed by atoms with E-state index in [0.29, 0.717) is 6.04 Å². The normalized spacial score (nSPS) is 21.5. The molecule has 0 bridgehead atoms. The minimum Gasteiger partial charge on any atom is -0.309 e. The first-order valence-corrected chi connectivity index (χ1v) is 7.87. The van der Waals surface area contributed by atoms with Gasteiger partial charge in [0.05, 0.1) is 0 Å². The van der Waals surface area contributed by atoms with Gasteiger partial charge in [0.15, 0.2) is 0 Å². The maximum atomic E-state index is 3.61. The van der Waals surface area contributed by atoms with Crippen LogP contribution in [0.1, 0.15) is 31.4 Å². The lowest BCUT2D eigenvalue weighted by Gasteiger charge is -2.29. The molecular weight excluding hydrogens is 246 g/mol. The van der Waals surface area contributed by atoms with Crippen molar-refractivity contribution in [2.24, 2.45) is 0 Å². The molecule has 1 aromatic carbocycles. The van der Waals surface area contributed by atoms with Gasteiger partial charge in [-0.2, -0.15) is 0 Å². The third kappa shape index (κ3) is 4.30. The molecule has 20 heavy (non-hydrogen) atoms. The molecule has 1 saturated heterocycles. The number of likely N-dealkylation sites (N-methyl/N-ethyl adjacent to an activating group) is 3. The smallest absolute Gasteiger partial charge is 0.0449 e. The zero-order chi connectivity index (χ0) is 14.4. The first-order chi connectivity index (χ1) is 9.70. The first kappa shape index (κ1) is 15.5. The van der Waals surface area contributed by atoms with Gasteiger partial charge in [0.2, 0.25) is 0 Å². The molecule has 1 fully saturated rings. The molecule has 1 N–H and O–H groups in total. The van der Waals surface area contributed by atoms with Crippen molar-refractivity contribution in [1.82, 2.24) is 15.1 Å². The van der Waals surface area contributed by atoms with Crippen LogP contribution >= 0.6 is 0 Å². The largest absolute Gasteiger partial charge is 0.309 e. The maximum Gasteiger partial charge on any atom is 0.0449 e. The third-order valence-electron chi connectivity index (χ3n) is 4.34. The van der Waals surface area contributed by atoms with Gasteiger partial charge in [-0.25, -0.2) is 0 Å². The summed E-state index contributed by atoms with van der Waals surface area (Å²) in [6, 6.07) is 12.0. The molecule has 2 atom stereocenters. The molecule has 3 heteroatoms. The van der Waals surface area contributed by atoms with E-state index in [1.807, 2.05) is 0 Å². The number of nitrogens with zero attached hydrogens (tertiary/aromatic N) is 2. The Labute approximate surface area is 124 Å². The van der Waals surface area contributed by atoms with Crippen LogP contribution in [0.25, 0.3) is 0 Å². The van der Waals surface area contributed by atoms with Crippen molar-refractivity contribution in [3.05, 3.63) is 35.9 Å². The predicted octanol–water partition coefficient (Wildman–Crippen LogP) is 2.36. The van der Waals surface area contributed by atoms with Crippen molar-refractivity contribution in [2.75, 3.05) is 40.3 Å². The van der Waals surface area contributed by atoms with Gasteiger partial charge >= 0.3 is 0 Å².